The number of carbonyl (C=O) groups excluding carboxylic acids is 1. The second-order valence-corrected chi connectivity index (χ2v) is 6.49. The van der Waals surface area contributed by atoms with Gasteiger partial charge in [-0.3, -0.25) is 9.78 Å². The first-order valence-corrected chi connectivity index (χ1v) is 8.77. The van der Waals surface area contributed by atoms with E-state index in [1.54, 1.807) is 25.8 Å². The van der Waals surface area contributed by atoms with Crippen LogP contribution in [0.4, 0.5) is 0 Å². The predicted molar refractivity (Wildman–Crippen MR) is 96.8 cm³/mol. The van der Waals surface area contributed by atoms with Crippen molar-refractivity contribution < 1.29 is 9.53 Å². The van der Waals surface area contributed by atoms with E-state index < -0.39 is 0 Å². The molecule has 1 amide bonds. The van der Waals surface area contributed by atoms with Gasteiger partial charge in [-0.2, -0.15) is 0 Å². The fourth-order valence-electron chi connectivity index (χ4n) is 3.32. The molecule has 4 rings (SSSR count). The molecule has 1 saturated heterocycles. The Morgan fingerprint density at radius 3 is 2.81 bits per heavy atom. The number of piperidine rings is 1. The summed E-state index contributed by atoms with van der Waals surface area (Å²) >= 11 is 0. The van der Waals surface area contributed by atoms with E-state index in [2.05, 4.69) is 15.0 Å². The van der Waals surface area contributed by atoms with Crippen molar-refractivity contribution in [2.45, 2.75) is 25.5 Å². The van der Waals surface area contributed by atoms with Gasteiger partial charge in [-0.1, -0.05) is 6.07 Å². The Hall–Kier alpha value is -2.80. The fraction of sp³-hybridized carbons (Fsp3) is 0.368. The second-order valence-electron chi connectivity index (χ2n) is 6.49. The van der Waals surface area contributed by atoms with Gasteiger partial charge in [-0.25, -0.2) is 9.97 Å². The zero-order valence-corrected chi connectivity index (χ0v) is 14.7. The first-order valence-electron chi connectivity index (χ1n) is 8.77. The number of imidazole rings is 1. The number of aromatic nitrogens is 4. The van der Waals surface area contributed by atoms with Gasteiger partial charge in [-0.05, 0) is 31.0 Å². The summed E-state index contributed by atoms with van der Waals surface area (Å²) in [5.41, 5.74) is 3.00. The van der Waals surface area contributed by atoms with Crippen LogP contribution in [-0.4, -0.2) is 56.6 Å². The van der Waals surface area contributed by atoms with E-state index in [0.29, 0.717) is 25.2 Å². The minimum absolute atomic E-state index is 0.00762. The molecule has 0 radical (unpaired) electrons. The first-order chi connectivity index (χ1) is 12.7. The number of fused-ring (bicyclic) bond motifs is 1. The molecule has 0 aliphatic carbocycles. The molecule has 0 N–H and O–H groups in total. The molecule has 0 spiro atoms. The molecule has 134 valence electrons. The van der Waals surface area contributed by atoms with Gasteiger partial charge >= 0.3 is 0 Å². The predicted octanol–water partition coefficient (Wildman–Crippen LogP) is 2.13. The average Bonchev–Trinajstić information content (AvgIpc) is 3.10. The summed E-state index contributed by atoms with van der Waals surface area (Å²) in [7, 11) is 1.72. The maximum Gasteiger partial charge on any atom is 0.255 e. The molecule has 0 saturated carbocycles. The lowest BCUT2D eigenvalue weighted by atomic mass is 10.1. The van der Waals surface area contributed by atoms with E-state index in [9.17, 15) is 4.79 Å². The summed E-state index contributed by atoms with van der Waals surface area (Å²) < 4.78 is 7.31. The van der Waals surface area contributed by atoms with E-state index in [0.717, 1.165) is 29.7 Å². The quantitative estimate of drug-likeness (QED) is 0.720. The van der Waals surface area contributed by atoms with Gasteiger partial charge in [0, 0.05) is 32.6 Å². The van der Waals surface area contributed by atoms with Crippen molar-refractivity contribution in [3.05, 3.63) is 54.2 Å². The largest absolute Gasteiger partial charge is 0.381 e. The highest BCUT2D eigenvalue weighted by molar-refractivity contribution is 5.96. The Morgan fingerprint density at radius 2 is 2.08 bits per heavy atom. The number of amides is 1. The van der Waals surface area contributed by atoms with Gasteiger partial charge in [0.25, 0.3) is 5.91 Å². The highest BCUT2D eigenvalue weighted by Crippen LogP contribution is 2.18. The van der Waals surface area contributed by atoms with Crippen LogP contribution < -0.4 is 0 Å². The highest BCUT2D eigenvalue weighted by Gasteiger charge is 2.24. The molecule has 3 aromatic heterocycles. The van der Waals surface area contributed by atoms with Crippen LogP contribution in [0.5, 0.6) is 0 Å². The van der Waals surface area contributed by atoms with Crippen LogP contribution in [0.3, 0.4) is 0 Å². The lowest BCUT2D eigenvalue weighted by molar-refractivity contribution is 0.0350. The Kier molecular flexibility index (Phi) is 4.62. The maximum absolute atomic E-state index is 12.7. The normalized spacial score (nSPS) is 15.5. The van der Waals surface area contributed by atoms with Crippen LogP contribution in [0.1, 0.15) is 28.9 Å². The third-order valence-electron chi connectivity index (χ3n) is 4.82. The van der Waals surface area contributed by atoms with Crippen molar-refractivity contribution in [1.82, 2.24) is 24.4 Å². The topological polar surface area (TPSA) is 73.1 Å². The zero-order valence-electron chi connectivity index (χ0n) is 14.7. The molecule has 1 aliphatic rings. The minimum atomic E-state index is 0.00762. The first kappa shape index (κ1) is 16.7. The van der Waals surface area contributed by atoms with Gasteiger partial charge in [-0.15, -0.1) is 0 Å². The van der Waals surface area contributed by atoms with E-state index >= 15 is 0 Å². The summed E-state index contributed by atoms with van der Waals surface area (Å²) in [4.78, 5) is 27.8. The number of pyridine rings is 2. The van der Waals surface area contributed by atoms with Gasteiger partial charge < -0.3 is 14.2 Å². The monoisotopic (exact) mass is 351 g/mol. The molecule has 7 heteroatoms. The molecule has 0 unspecified atom stereocenters. The third-order valence-corrected chi connectivity index (χ3v) is 4.82. The van der Waals surface area contributed by atoms with E-state index in [1.165, 1.54) is 0 Å². The van der Waals surface area contributed by atoms with Gasteiger partial charge in [0.15, 0.2) is 5.65 Å². The third kappa shape index (κ3) is 3.30. The lowest BCUT2D eigenvalue weighted by Crippen LogP contribution is -2.40. The summed E-state index contributed by atoms with van der Waals surface area (Å²) in [5, 5.41) is 0. The van der Waals surface area contributed by atoms with Crippen molar-refractivity contribution in [1.29, 1.82) is 0 Å². The van der Waals surface area contributed by atoms with Crippen LogP contribution >= 0.6 is 0 Å². The van der Waals surface area contributed by atoms with Crippen LogP contribution in [-0.2, 0) is 11.3 Å². The number of hydrogen-bond acceptors (Lipinski definition) is 5. The minimum Gasteiger partial charge on any atom is -0.381 e. The summed E-state index contributed by atoms with van der Waals surface area (Å²) in [6.07, 6.45) is 7.15. The smallest absolute Gasteiger partial charge is 0.255 e. The Labute approximate surface area is 151 Å². The standard InChI is InChI=1S/C19H21N5O2/c1-26-16-5-8-23(9-6-16)19(25)14-10-17-18(21-11-14)24(13-22-17)12-15-4-2-3-7-20-15/h2-4,7,10-11,13,16H,5-6,8-9,12H2,1H3. The molecular formula is C19H21N5O2. The molecule has 1 fully saturated rings. The van der Waals surface area contributed by atoms with Gasteiger partial charge in [0.1, 0.15) is 5.52 Å². The van der Waals surface area contributed by atoms with Crippen molar-refractivity contribution in [2.24, 2.45) is 0 Å². The lowest BCUT2D eigenvalue weighted by Gasteiger charge is -2.31. The summed E-state index contributed by atoms with van der Waals surface area (Å²) in [5.74, 6) is 0.00762. The number of nitrogens with zero attached hydrogens (tertiary/aromatic N) is 5. The van der Waals surface area contributed by atoms with Crippen molar-refractivity contribution in [3.8, 4) is 0 Å². The van der Waals surface area contributed by atoms with Crippen molar-refractivity contribution in [2.75, 3.05) is 20.2 Å². The van der Waals surface area contributed by atoms with Crippen molar-refractivity contribution in [3.63, 3.8) is 0 Å². The zero-order chi connectivity index (χ0) is 17.9. The molecule has 26 heavy (non-hydrogen) atoms. The average molecular weight is 351 g/mol. The SMILES string of the molecule is COC1CCN(C(=O)c2cnc3c(c2)ncn3Cc2ccccn2)CC1. The van der Waals surface area contributed by atoms with Crippen LogP contribution in [0.15, 0.2) is 43.0 Å². The number of rotatable bonds is 4. The number of likely N-dealkylation sites (tertiary alicyclic amines) is 1. The van der Waals surface area contributed by atoms with E-state index in [-0.39, 0.29) is 12.0 Å². The van der Waals surface area contributed by atoms with Gasteiger partial charge in [0.05, 0.1) is 30.2 Å². The number of ether oxygens (including phenoxy) is 1. The number of carbonyl (C=O) groups is 1. The van der Waals surface area contributed by atoms with E-state index in [4.69, 9.17) is 4.74 Å². The highest BCUT2D eigenvalue weighted by atomic mass is 16.5. The Bertz CT molecular complexity index is 901. The van der Waals surface area contributed by atoms with Crippen molar-refractivity contribution >= 4 is 17.1 Å². The second kappa shape index (κ2) is 7.21. The molecule has 0 bridgehead atoms. The Balaban J connectivity index is 1.52. The molecule has 1 aliphatic heterocycles. The number of methoxy groups -OCH3 is 1. The van der Waals surface area contributed by atoms with Crippen LogP contribution in [0, 0.1) is 0 Å². The fourth-order valence-corrected chi connectivity index (χ4v) is 3.32. The van der Waals surface area contributed by atoms with E-state index in [1.807, 2.05) is 33.7 Å². The molecule has 4 heterocycles. The van der Waals surface area contributed by atoms with Crippen LogP contribution in [0.2, 0.25) is 0 Å². The Morgan fingerprint density at radius 1 is 1.23 bits per heavy atom. The van der Waals surface area contributed by atoms with Crippen LogP contribution in [0.25, 0.3) is 11.2 Å². The molecular weight excluding hydrogens is 330 g/mol. The molecule has 0 aromatic carbocycles. The molecule has 0 atom stereocenters. The summed E-state index contributed by atoms with van der Waals surface area (Å²) in [6.45, 7) is 2.02. The van der Waals surface area contributed by atoms with Gasteiger partial charge in [0.2, 0.25) is 0 Å². The summed E-state index contributed by atoms with van der Waals surface area (Å²) in [6, 6.07) is 7.63. The molecule has 3 aromatic rings. The maximum atomic E-state index is 12.7. The molecule has 7 nitrogen and oxygen atoms in total. The number of hydrogen-bond donors (Lipinski definition) is 0.